The second-order valence-electron chi connectivity index (χ2n) is 8.52. The predicted molar refractivity (Wildman–Crippen MR) is 128 cm³/mol. The van der Waals surface area contributed by atoms with Gasteiger partial charge >= 0.3 is 0 Å². The number of hydrogen-bond acceptors (Lipinski definition) is 6. The van der Waals surface area contributed by atoms with Gasteiger partial charge in [-0.15, -0.1) is 0 Å². The van der Waals surface area contributed by atoms with Crippen molar-refractivity contribution in [3.8, 4) is 11.1 Å². The topological polar surface area (TPSA) is 83.8 Å². The Morgan fingerprint density at radius 2 is 1.97 bits per heavy atom. The molecule has 2 N–H and O–H groups in total. The van der Waals surface area contributed by atoms with E-state index in [1.54, 1.807) is 30.2 Å². The highest BCUT2D eigenvalue weighted by Gasteiger charge is 2.23. The summed E-state index contributed by atoms with van der Waals surface area (Å²) in [6.45, 7) is 4.93. The molecule has 5 rings (SSSR count). The third kappa shape index (κ3) is 4.91. The fourth-order valence-electron chi connectivity index (χ4n) is 4.27. The van der Waals surface area contributed by atoms with Gasteiger partial charge < -0.3 is 10.1 Å². The Balaban J connectivity index is 1.35. The fourth-order valence-corrected chi connectivity index (χ4v) is 4.27. The summed E-state index contributed by atoms with van der Waals surface area (Å²) in [5, 5.41) is 10.2. The van der Waals surface area contributed by atoms with Crippen LogP contribution in [-0.2, 0) is 29.7 Å². The van der Waals surface area contributed by atoms with Crippen LogP contribution in [0.3, 0.4) is 0 Å². The van der Waals surface area contributed by atoms with Crippen LogP contribution in [0.25, 0.3) is 11.1 Å². The Bertz CT molecular complexity index is 1210. The number of anilines is 1. The summed E-state index contributed by atoms with van der Waals surface area (Å²) in [7, 11) is 1.78. The first-order valence-electron chi connectivity index (χ1n) is 11.3. The zero-order valence-electron chi connectivity index (χ0n) is 19.1. The van der Waals surface area contributed by atoms with Gasteiger partial charge in [0.2, 0.25) is 0 Å². The van der Waals surface area contributed by atoms with E-state index in [1.807, 2.05) is 24.3 Å². The van der Waals surface area contributed by atoms with Gasteiger partial charge in [0, 0.05) is 61.8 Å². The predicted octanol–water partition coefficient (Wildman–Crippen LogP) is 2.55. The highest BCUT2D eigenvalue weighted by Crippen LogP contribution is 2.27. The van der Waals surface area contributed by atoms with Crippen molar-refractivity contribution in [2.24, 2.45) is 12.0 Å². The molecule has 176 valence electrons. The average Bonchev–Trinajstić information content (AvgIpc) is 3.16. The first kappa shape index (κ1) is 22.4. The number of hydrogen-bond donors (Lipinski definition) is 2. The van der Waals surface area contributed by atoms with Gasteiger partial charge in [-0.25, -0.2) is 4.39 Å². The van der Waals surface area contributed by atoms with Crippen molar-refractivity contribution < 1.29 is 13.9 Å². The molecule has 2 aliphatic heterocycles. The smallest absolute Gasteiger partial charge is 0.274 e. The molecule has 0 atom stereocenters. The lowest BCUT2D eigenvalue weighted by Gasteiger charge is -2.26. The molecule has 3 aromatic rings. The van der Waals surface area contributed by atoms with Crippen LogP contribution in [0.4, 0.5) is 10.1 Å². The maximum Gasteiger partial charge on any atom is 0.274 e. The van der Waals surface area contributed by atoms with E-state index in [4.69, 9.17) is 4.74 Å². The SMILES string of the molecule is Cn1cc(-c2cc3c(cc2F)CNCN=C3C(=O)Nc2ccc(CN3CCOCC3)cc2)cn1. The van der Waals surface area contributed by atoms with Crippen LogP contribution in [0, 0.1) is 5.82 Å². The number of halogens is 1. The lowest BCUT2D eigenvalue weighted by atomic mass is 9.96. The van der Waals surface area contributed by atoms with Crippen LogP contribution in [0.1, 0.15) is 16.7 Å². The zero-order chi connectivity index (χ0) is 23.5. The van der Waals surface area contributed by atoms with E-state index in [0.29, 0.717) is 34.5 Å². The number of aliphatic imine (C=N–C) groups is 1. The molecular weight excluding hydrogens is 435 g/mol. The van der Waals surface area contributed by atoms with E-state index in [0.717, 1.165) is 32.8 Å². The first-order valence-corrected chi connectivity index (χ1v) is 11.3. The molecule has 0 radical (unpaired) electrons. The number of morpholine rings is 1. The third-order valence-electron chi connectivity index (χ3n) is 6.07. The summed E-state index contributed by atoms with van der Waals surface area (Å²) in [4.78, 5) is 20.0. The summed E-state index contributed by atoms with van der Waals surface area (Å²) in [5.74, 6) is -0.680. The molecule has 3 heterocycles. The van der Waals surface area contributed by atoms with Gasteiger partial charge in [0.1, 0.15) is 11.5 Å². The molecule has 1 saturated heterocycles. The number of amides is 1. The van der Waals surface area contributed by atoms with Crippen LogP contribution >= 0.6 is 0 Å². The monoisotopic (exact) mass is 462 g/mol. The third-order valence-corrected chi connectivity index (χ3v) is 6.07. The molecule has 0 aliphatic carbocycles. The van der Waals surface area contributed by atoms with Crippen LogP contribution in [0.2, 0.25) is 0 Å². The number of ether oxygens (including phenoxy) is 1. The fraction of sp³-hybridized carbons (Fsp3) is 0.320. The first-order chi connectivity index (χ1) is 16.6. The van der Waals surface area contributed by atoms with Crippen molar-refractivity contribution in [1.29, 1.82) is 0 Å². The number of nitrogens with zero attached hydrogens (tertiary/aromatic N) is 4. The molecule has 2 aliphatic rings. The molecule has 1 aromatic heterocycles. The van der Waals surface area contributed by atoms with Crippen molar-refractivity contribution in [2.45, 2.75) is 13.1 Å². The zero-order valence-corrected chi connectivity index (χ0v) is 19.1. The molecule has 1 fully saturated rings. The number of carbonyl (C=O) groups is 1. The summed E-state index contributed by atoms with van der Waals surface area (Å²) >= 11 is 0. The van der Waals surface area contributed by atoms with Crippen LogP contribution < -0.4 is 10.6 Å². The summed E-state index contributed by atoms with van der Waals surface area (Å²) < 4.78 is 21.9. The number of nitrogens with one attached hydrogen (secondary N) is 2. The van der Waals surface area contributed by atoms with Crippen molar-refractivity contribution in [1.82, 2.24) is 20.0 Å². The van der Waals surface area contributed by atoms with Crippen LogP contribution in [0.15, 0.2) is 53.8 Å². The Labute approximate surface area is 197 Å². The van der Waals surface area contributed by atoms with Gasteiger partial charge in [0.25, 0.3) is 5.91 Å². The normalized spacial score (nSPS) is 16.5. The van der Waals surface area contributed by atoms with Crippen molar-refractivity contribution in [3.05, 3.63) is 71.3 Å². The lowest BCUT2D eigenvalue weighted by molar-refractivity contribution is -0.110. The number of benzene rings is 2. The van der Waals surface area contributed by atoms with E-state index >= 15 is 0 Å². The molecule has 0 spiro atoms. The number of aryl methyl sites for hydroxylation is 1. The number of carbonyl (C=O) groups excluding carboxylic acids is 1. The molecule has 2 aromatic carbocycles. The van der Waals surface area contributed by atoms with Gasteiger partial charge in [-0.3, -0.25) is 24.7 Å². The number of rotatable bonds is 5. The average molecular weight is 463 g/mol. The van der Waals surface area contributed by atoms with E-state index in [-0.39, 0.29) is 24.1 Å². The van der Waals surface area contributed by atoms with E-state index in [9.17, 15) is 9.18 Å². The highest BCUT2D eigenvalue weighted by molar-refractivity contribution is 6.49. The van der Waals surface area contributed by atoms with Gasteiger partial charge in [0.15, 0.2) is 0 Å². The van der Waals surface area contributed by atoms with E-state index in [2.05, 4.69) is 25.6 Å². The molecular formula is C25H27FN6O2. The minimum Gasteiger partial charge on any atom is -0.379 e. The summed E-state index contributed by atoms with van der Waals surface area (Å²) in [6, 6.07) is 11.0. The molecule has 9 heteroatoms. The quantitative estimate of drug-likeness (QED) is 0.609. The molecule has 8 nitrogen and oxygen atoms in total. The van der Waals surface area contributed by atoms with Crippen molar-refractivity contribution in [2.75, 3.05) is 38.3 Å². The molecule has 34 heavy (non-hydrogen) atoms. The second kappa shape index (κ2) is 9.84. The number of fused-ring (bicyclic) bond motifs is 1. The van der Waals surface area contributed by atoms with E-state index < -0.39 is 0 Å². The molecule has 0 saturated carbocycles. The Hall–Kier alpha value is -3.40. The maximum absolute atomic E-state index is 14.9. The van der Waals surface area contributed by atoms with Gasteiger partial charge in [-0.1, -0.05) is 12.1 Å². The minimum atomic E-state index is -0.355. The lowest BCUT2D eigenvalue weighted by Crippen LogP contribution is -2.35. The van der Waals surface area contributed by atoms with Crippen LogP contribution in [0.5, 0.6) is 0 Å². The highest BCUT2D eigenvalue weighted by atomic mass is 19.1. The number of aromatic nitrogens is 2. The maximum atomic E-state index is 14.9. The van der Waals surface area contributed by atoms with Crippen molar-refractivity contribution in [3.63, 3.8) is 0 Å². The van der Waals surface area contributed by atoms with Crippen molar-refractivity contribution >= 4 is 17.3 Å². The van der Waals surface area contributed by atoms with E-state index in [1.165, 1.54) is 11.6 Å². The Morgan fingerprint density at radius 1 is 1.18 bits per heavy atom. The standard InChI is InChI=1S/C25H27FN6O2/c1-31-15-19(13-29-31)21-11-22-18(10-23(21)26)12-27-16-28-24(22)25(33)30-20-4-2-17(3-5-20)14-32-6-8-34-9-7-32/h2-5,10-11,13,15,27H,6-9,12,14,16H2,1H3,(H,30,33). The Kier molecular flexibility index (Phi) is 6.48. The molecule has 0 bridgehead atoms. The second-order valence-corrected chi connectivity index (χ2v) is 8.52. The minimum absolute atomic E-state index is 0.278. The Morgan fingerprint density at radius 3 is 2.71 bits per heavy atom. The summed E-state index contributed by atoms with van der Waals surface area (Å²) in [6.07, 6.45) is 3.35. The van der Waals surface area contributed by atoms with Gasteiger partial charge in [0.05, 0.1) is 26.1 Å². The van der Waals surface area contributed by atoms with Gasteiger partial charge in [-0.2, -0.15) is 5.10 Å². The van der Waals surface area contributed by atoms with Crippen LogP contribution in [-0.4, -0.2) is 59.3 Å². The van der Waals surface area contributed by atoms with Gasteiger partial charge in [-0.05, 0) is 35.4 Å². The largest absolute Gasteiger partial charge is 0.379 e. The summed E-state index contributed by atoms with van der Waals surface area (Å²) in [5.41, 5.74) is 4.49. The molecule has 1 amide bonds. The molecule has 0 unspecified atom stereocenters.